The number of anilines is 1. The molecule has 2 amide bonds. The lowest BCUT2D eigenvalue weighted by Crippen LogP contribution is -2.47. The van der Waals surface area contributed by atoms with Crippen LogP contribution >= 0.6 is 0 Å². The third-order valence-corrected chi connectivity index (χ3v) is 7.28. The second-order valence-electron chi connectivity index (χ2n) is 9.96. The van der Waals surface area contributed by atoms with Gasteiger partial charge < -0.3 is 20.5 Å². The SMILES string of the molecule is C[C@H]1[C@@H](c2ccc(F)c(F)c2OCC2CC(F)(F)C2)[C@H](C(=O)Nc2ccnc(C(N)=O)c2)O[C@]1(C)C(F)(F)F. The summed E-state index contributed by atoms with van der Waals surface area (Å²) in [5.74, 6) is -12.3. The van der Waals surface area contributed by atoms with Crippen molar-refractivity contribution in [1.82, 2.24) is 4.98 Å². The van der Waals surface area contributed by atoms with Crippen molar-refractivity contribution in [1.29, 1.82) is 0 Å². The van der Waals surface area contributed by atoms with E-state index in [9.17, 15) is 40.3 Å². The summed E-state index contributed by atoms with van der Waals surface area (Å²) in [7, 11) is 0. The van der Waals surface area contributed by atoms with Crippen LogP contribution in [0.1, 0.15) is 48.7 Å². The van der Waals surface area contributed by atoms with E-state index in [0.717, 1.165) is 32.2 Å². The molecule has 0 radical (unpaired) electrons. The number of rotatable bonds is 7. The van der Waals surface area contributed by atoms with E-state index in [1.807, 2.05) is 0 Å². The maximum Gasteiger partial charge on any atom is 0.417 e. The van der Waals surface area contributed by atoms with E-state index < -0.39 is 90.2 Å². The summed E-state index contributed by atoms with van der Waals surface area (Å²) in [6.45, 7) is 1.43. The first-order valence-electron chi connectivity index (χ1n) is 11.8. The molecule has 39 heavy (non-hydrogen) atoms. The average molecular weight is 563 g/mol. The first-order chi connectivity index (χ1) is 18.0. The van der Waals surface area contributed by atoms with Crippen LogP contribution in [0.2, 0.25) is 0 Å². The number of hydrogen-bond donors (Lipinski definition) is 2. The Morgan fingerprint density at radius 1 is 1.21 bits per heavy atom. The highest BCUT2D eigenvalue weighted by atomic mass is 19.4. The second kappa shape index (κ2) is 9.96. The first-order valence-corrected chi connectivity index (χ1v) is 11.8. The van der Waals surface area contributed by atoms with Crippen molar-refractivity contribution < 1.29 is 49.8 Å². The Hall–Kier alpha value is -3.42. The summed E-state index contributed by atoms with van der Waals surface area (Å²) < 4.78 is 109. The lowest BCUT2D eigenvalue weighted by Gasteiger charge is -2.35. The van der Waals surface area contributed by atoms with Gasteiger partial charge in [-0.2, -0.15) is 17.6 Å². The Kier molecular flexibility index (Phi) is 7.30. The Morgan fingerprint density at radius 3 is 2.46 bits per heavy atom. The van der Waals surface area contributed by atoms with Crippen molar-refractivity contribution in [2.75, 3.05) is 11.9 Å². The van der Waals surface area contributed by atoms with Crippen molar-refractivity contribution >= 4 is 17.5 Å². The van der Waals surface area contributed by atoms with Gasteiger partial charge in [-0.15, -0.1) is 0 Å². The number of hydrogen-bond acceptors (Lipinski definition) is 5. The summed E-state index contributed by atoms with van der Waals surface area (Å²) >= 11 is 0. The molecule has 2 aliphatic rings. The molecule has 14 heteroatoms. The second-order valence-corrected chi connectivity index (χ2v) is 9.96. The fourth-order valence-electron chi connectivity index (χ4n) is 4.94. The van der Waals surface area contributed by atoms with Crippen LogP contribution < -0.4 is 15.8 Å². The molecule has 1 saturated carbocycles. The van der Waals surface area contributed by atoms with Crippen LogP contribution in [0, 0.1) is 23.5 Å². The Bertz CT molecular complexity index is 1280. The summed E-state index contributed by atoms with van der Waals surface area (Å²) in [5, 5.41) is 2.34. The zero-order valence-electron chi connectivity index (χ0n) is 20.6. The predicted molar refractivity (Wildman–Crippen MR) is 122 cm³/mol. The van der Waals surface area contributed by atoms with Crippen LogP contribution in [0.5, 0.6) is 5.75 Å². The number of nitrogens with one attached hydrogen (secondary N) is 1. The predicted octanol–water partition coefficient (Wildman–Crippen LogP) is 4.96. The zero-order chi connectivity index (χ0) is 28.9. The number of nitrogens with two attached hydrogens (primary N) is 1. The van der Waals surface area contributed by atoms with E-state index in [-0.39, 0.29) is 16.9 Å². The van der Waals surface area contributed by atoms with Crippen molar-refractivity contribution in [3.05, 3.63) is 53.4 Å². The molecule has 1 aliphatic carbocycles. The number of ether oxygens (including phenoxy) is 2. The normalized spacial score (nSPS) is 26.6. The number of alkyl halides is 5. The van der Waals surface area contributed by atoms with E-state index in [0.29, 0.717) is 6.07 Å². The van der Waals surface area contributed by atoms with Gasteiger partial charge in [-0.25, -0.2) is 13.2 Å². The van der Waals surface area contributed by atoms with Crippen LogP contribution in [-0.4, -0.2) is 47.2 Å². The molecule has 1 aromatic carbocycles. The average Bonchev–Trinajstić information content (AvgIpc) is 3.10. The van der Waals surface area contributed by atoms with E-state index in [4.69, 9.17) is 15.2 Å². The number of carbonyl (C=O) groups is 2. The molecule has 1 saturated heterocycles. The third-order valence-electron chi connectivity index (χ3n) is 7.28. The van der Waals surface area contributed by atoms with Gasteiger partial charge in [-0.1, -0.05) is 13.0 Å². The van der Waals surface area contributed by atoms with Gasteiger partial charge in [0.15, 0.2) is 17.2 Å². The van der Waals surface area contributed by atoms with Crippen molar-refractivity contribution in [3.63, 3.8) is 0 Å². The van der Waals surface area contributed by atoms with Crippen LogP contribution in [0.4, 0.5) is 36.4 Å². The van der Waals surface area contributed by atoms with E-state index in [2.05, 4.69) is 10.3 Å². The first kappa shape index (κ1) is 28.6. The molecule has 2 aromatic rings. The van der Waals surface area contributed by atoms with E-state index in [1.54, 1.807) is 0 Å². The van der Waals surface area contributed by atoms with Gasteiger partial charge in [0.2, 0.25) is 11.7 Å². The highest BCUT2D eigenvalue weighted by molar-refractivity contribution is 5.97. The van der Waals surface area contributed by atoms with Crippen molar-refractivity contribution in [2.45, 2.75) is 56.4 Å². The minimum absolute atomic E-state index is 0.0351. The van der Waals surface area contributed by atoms with Crippen molar-refractivity contribution in [3.8, 4) is 5.75 Å². The summed E-state index contributed by atoms with van der Waals surface area (Å²) in [6.07, 6.45) is -6.82. The number of nitrogens with zero attached hydrogens (tertiary/aromatic N) is 1. The topological polar surface area (TPSA) is 104 Å². The molecule has 3 N–H and O–H groups in total. The Morgan fingerprint density at radius 2 is 1.87 bits per heavy atom. The molecular weight excluding hydrogens is 539 g/mol. The molecule has 1 aromatic heterocycles. The zero-order valence-corrected chi connectivity index (χ0v) is 20.6. The summed E-state index contributed by atoms with van der Waals surface area (Å²) in [4.78, 5) is 28.4. The molecule has 0 spiro atoms. The summed E-state index contributed by atoms with van der Waals surface area (Å²) in [6, 6.07) is 3.99. The van der Waals surface area contributed by atoms with Gasteiger partial charge in [0.05, 0.1) is 6.61 Å². The van der Waals surface area contributed by atoms with Gasteiger partial charge in [0.1, 0.15) is 11.8 Å². The van der Waals surface area contributed by atoms with Gasteiger partial charge in [-0.3, -0.25) is 14.6 Å². The molecule has 2 fully saturated rings. The van der Waals surface area contributed by atoms with Crippen LogP contribution in [-0.2, 0) is 9.53 Å². The maximum absolute atomic E-state index is 14.9. The number of benzene rings is 1. The lowest BCUT2D eigenvalue weighted by molar-refractivity contribution is -0.272. The number of amides is 2. The van der Waals surface area contributed by atoms with E-state index >= 15 is 0 Å². The molecule has 212 valence electrons. The Labute approximate surface area is 217 Å². The lowest BCUT2D eigenvalue weighted by atomic mass is 9.76. The van der Waals surface area contributed by atoms with Gasteiger partial charge in [-0.05, 0) is 25.1 Å². The number of pyridine rings is 1. The fraction of sp³-hybridized carbons (Fsp3) is 0.480. The molecule has 0 bridgehead atoms. The maximum atomic E-state index is 14.9. The van der Waals surface area contributed by atoms with Gasteiger partial charge in [0, 0.05) is 48.0 Å². The highest BCUT2D eigenvalue weighted by Gasteiger charge is 2.66. The quantitative estimate of drug-likeness (QED) is 0.464. The van der Waals surface area contributed by atoms with Gasteiger partial charge in [0.25, 0.3) is 11.8 Å². The smallest absolute Gasteiger partial charge is 0.417 e. The molecule has 2 heterocycles. The van der Waals surface area contributed by atoms with Crippen LogP contribution in [0.25, 0.3) is 0 Å². The Balaban J connectivity index is 1.71. The van der Waals surface area contributed by atoms with Crippen molar-refractivity contribution in [2.24, 2.45) is 17.6 Å². The largest absolute Gasteiger partial charge is 0.490 e. The molecule has 4 rings (SSSR count). The monoisotopic (exact) mass is 563 g/mol. The number of carbonyl (C=O) groups excluding carboxylic acids is 2. The van der Waals surface area contributed by atoms with Crippen LogP contribution in [0.15, 0.2) is 30.5 Å². The number of primary amides is 1. The molecular formula is C25H24F7N3O4. The number of halogens is 7. The van der Waals surface area contributed by atoms with Crippen LogP contribution in [0.3, 0.4) is 0 Å². The minimum Gasteiger partial charge on any atom is -0.490 e. The molecule has 0 unspecified atom stereocenters. The van der Waals surface area contributed by atoms with E-state index in [1.165, 1.54) is 6.07 Å². The third kappa shape index (κ3) is 5.38. The fourth-order valence-corrected chi connectivity index (χ4v) is 4.94. The minimum atomic E-state index is -4.98. The standard InChI is InChI=1S/C25H24F7N3O4/c1-11-17(14-3-4-15(26)18(27)19(14)38-10-12-8-24(28,29)9-12)20(39-23(11,2)25(30,31)32)22(37)35-13-5-6-34-16(7-13)21(33)36/h3-7,11-12,17,20H,8-10H2,1-2H3,(H2,33,36)(H,34,35,37)/t11-,17-,20+,23-/m0/s1. The molecule has 7 nitrogen and oxygen atoms in total. The summed E-state index contributed by atoms with van der Waals surface area (Å²) in [5.41, 5.74) is 1.71. The molecule has 4 atom stereocenters. The van der Waals surface area contributed by atoms with Gasteiger partial charge >= 0.3 is 6.18 Å². The highest BCUT2D eigenvalue weighted by Crippen LogP contribution is 2.55. The number of aromatic nitrogens is 1. The molecule has 1 aliphatic heterocycles.